The van der Waals surface area contributed by atoms with E-state index in [4.69, 9.17) is 0 Å². The summed E-state index contributed by atoms with van der Waals surface area (Å²) in [6.45, 7) is 2.90. The van der Waals surface area contributed by atoms with Crippen molar-refractivity contribution in [2.24, 2.45) is 0 Å². The van der Waals surface area contributed by atoms with Crippen molar-refractivity contribution in [1.82, 2.24) is 4.98 Å². The molecule has 1 aromatic heterocycles. The van der Waals surface area contributed by atoms with Gasteiger partial charge >= 0.3 is 0 Å². The summed E-state index contributed by atoms with van der Waals surface area (Å²) in [6.07, 6.45) is 4.36. The van der Waals surface area contributed by atoms with Crippen molar-refractivity contribution in [2.45, 2.75) is 19.4 Å². The van der Waals surface area contributed by atoms with Crippen LogP contribution in [0.15, 0.2) is 42.6 Å². The van der Waals surface area contributed by atoms with Crippen molar-refractivity contribution in [3.05, 3.63) is 54.0 Å². The van der Waals surface area contributed by atoms with E-state index in [9.17, 15) is 4.39 Å². The average Bonchev–Trinajstić information content (AvgIpc) is 3.01. The Morgan fingerprint density at radius 3 is 2.60 bits per heavy atom. The molecule has 1 saturated heterocycles. The molecule has 0 saturated carbocycles. The van der Waals surface area contributed by atoms with Crippen LogP contribution in [0.4, 0.5) is 15.9 Å². The van der Waals surface area contributed by atoms with Crippen LogP contribution in [0.5, 0.6) is 0 Å². The molecule has 0 aliphatic carbocycles. The summed E-state index contributed by atoms with van der Waals surface area (Å²) in [6, 6.07) is 10.7. The van der Waals surface area contributed by atoms with Crippen LogP contribution in [0.3, 0.4) is 0 Å². The largest absolute Gasteiger partial charge is 0.371 e. The summed E-state index contributed by atoms with van der Waals surface area (Å²) in [5.41, 5.74) is 2.26. The minimum Gasteiger partial charge on any atom is -0.371 e. The number of rotatable bonds is 4. The molecule has 0 amide bonds. The van der Waals surface area contributed by atoms with E-state index in [1.54, 1.807) is 12.1 Å². The first-order valence-corrected chi connectivity index (χ1v) is 7.00. The molecule has 0 bridgehead atoms. The van der Waals surface area contributed by atoms with Crippen molar-refractivity contribution in [3.63, 3.8) is 0 Å². The van der Waals surface area contributed by atoms with Gasteiger partial charge in [-0.05, 0) is 36.6 Å². The van der Waals surface area contributed by atoms with E-state index in [0.29, 0.717) is 6.54 Å². The minimum atomic E-state index is -0.206. The Bertz CT molecular complexity index is 562. The first-order valence-electron chi connectivity index (χ1n) is 7.00. The Morgan fingerprint density at radius 1 is 1.10 bits per heavy atom. The quantitative estimate of drug-likeness (QED) is 0.923. The molecule has 0 spiro atoms. The second-order valence-electron chi connectivity index (χ2n) is 5.07. The van der Waals surface area contributed by atoms with Gasteiger partial charge in [0.15, 0.2) is 0 Å². The molecule has 0 radical (unpaired) electrons. The lowest BCUT2D eigenvalue weighted by Gasteiger charge is -2.18. The van der Waals surface area contributed by atoms with Crippen LogP contribution >= 0.6 is 0 Å². The zero-order chi connectivity index (χ0) is 13.8. The van der Waals surface area contributed by atoms with Crippen LogP contribution < -0.4 is 10.2 Å². The Morgan fingerprint density at radius 2 is 1.85 bits per heavy atom. The lowest BCUT2D eigenvalue weighted by Crippen LogP contribution is -2.17. The number of benzene rings is 1. The Kier molecular flexibility index (Phi) is 3.81. The number of nitrogens with one attached hydrogen (secondary N) is 1. The average molecular weight is 271 g/mol. The molecule has 1 fully saturated rings. The fourth-order valence-electron chi connectivity index (χ4n) is 2.48. The van der Waals surface area contributed by atoms with Gasteiger partial charge in [0.05, 0.1) is 0 Å². The zero-order valence-electron chi connectivity index (χ0n) is 11.3. The van der Waals surface area contributed by atoms with Crippen molar-refractivity contribution in [2.75, 3.05) is 23.3 Å². The molecule has 2 aromatic rings. The molecule has 104 valence electrons. The van der Waals surface area contributed by atoms with Crippen LogP contribution in [-0.4, -0.2) is 18.1 Å². The third-order valence-electron chi connectivity index (χ3n) is 3.60. The zero-order valence-corrected chi connectivity index (χ0v) is 11.3. The van der Waals surface area contributed by atoms with Crippen LogP contribution in [0.2, 0.25) is 0 Å². The van der Waals surface area contributed by atoms with Crippen molar-refractivity contribution in [1.29, 1.82) is 0 Å². The molecular formula is C16H18FN3. The van der Waals surface area contributed by atoms with E-state index in [2.05, 4.69) is 21.3 Å². The first-order chi connectivity index (χ1) is 9.81. The number of nitrogens with zero attached hydrogens (tertiary/aromatic N) is 2. The second-order valence-corrected chi connectivity index (χ2v) is 5.07. The summed E-state index contributed by atoms with van der Waals surface area (Å²) in [5, 5.41) is 3.28. The summed E-state index contributed by atoms with van der Waals surface area (Å²) < 4.78 is 12.8. The Hall–Kier alpha value is -2.10. The molecule has 1 aliphatic heterocycles. The van der Waals surface area contributed by atoms with Gasteiger partial charge in [-0.15, -0.1) is 0 Å². The number of halogens is 1. The van der Waals surface area contributed by atoms with Gasteiger partial charge in [0, 0.05) is 37.6 Å². The molecule has 20 heavy (non-hydrogen) atoms. The molecule has 2 heterocycles. The number of anilines is 2. The van der Waals surface area contributed by atoms with Gasteiger partial charge in [0.2, 0.25) is 0 Å². The van der Waals surface area contributed by atoms with E-state index in [-0.39, 0.29) is 5.82 Å². The van der Waals surface area contributed by atoms with E-state index in [1.165, 1.54) is 30.7 Å². The van der Waals surface area contributed by atoms with E-state index < -0.39 is 0 Å². The smallest absolute Gasteiger partial charge is 0.128 e. The molecule has 0 unspecified atom stereocenters. The topological polar surface area (TPSA) is 28.2 Å². The van der Waals surface area contributed by atoms with Crippen LogP contribution in [0.1, 0.15) is 18.4 Å². The minimum absolute atomic E-state index is 0.206. The molecule has 1 aromatic carbocycles. The van der Waals surface area contributed by atoms with Gasteiger partial charge in [-0.2, -0.15) is 0 Å². The molecule has 4 heteroatoms. The van der Waals surface area contributed by atoms with Gasteiger partial charge in [0.25, 0.3) is 0 Å². The maximum absolute atomic E-state index is 12.8. The predicted octanol–water partition coefficient (Wildman–Crippen LogP) is 3.43. The lowest BCUT2D eigenvalue weighted by molar-refractivity contribution is 0.627. The summed E-state index contributed by atoms with van der Waals surface area (Å²) in [4.78, 5) is 6.71. The highest BCUT2D eigenvalue weighted by Gasteiger charge is 2.12. The third-order valence-corrected chi connectivity index (χ3v) is 3.60. The fraction of sp³-hybridized carbons (Fsp3) is 0.312. The van der Waals surface area contributed by atoms with Gasteiger partial charge < -0.3 is 10.2 Å². The Labute approximate surface area is 118 Å². The highest BCUT2D eigenvalue weighted by molar-refractivity contribution is 5.54. The van der Waals surface area contributed by atoms with Gasteiger partial charge in [-0.3, -0.25) is 0 Å². The lowest BCUT2D eigenvalue weighted by atomic mass is 10.2. The molecule has 0 atom stereocenters. The third kappa shape index (κ3) is 3.07. The predicted molar refractivity (Wildman–Crippen MR) is 79.4 cm³/mol. The number of aromatic nitrogens is 1. The standard InChI is InChI=1S/C16H18FN3/c17-14-5-3-13(4-6-14)12-19-16-11-15(7-8-18-16)20-9-1-2-10-20/h3-8,11H,1-2,9-10,12H2,(H,18,19). The maximum Gasteiger partial charge on any atom is 0.128 e. The van der Waals surface area contributed by atoms with Crippen molar-refractivity contribution >= 4 is 11.5 Å². The van der Waals surface area contributed by atoms with E-state index in [0.717, 1.165) is 24.5 Å². The number of hydrogen-bond donors (Lipinski definition) is 1. The number of hydrogen-bond acceptors (Lipinski definition) is 3. The van der Waals surface area contributed by atoms with Crippen LogP contribution in [-0.2, 0) is 6.54 Å². The highest BCUT2D eigenvalue weighted by atomic mass is 19.1. The van der Waals surface area contributed by atoms with Gasteiger partial charge in [-0.25, -0.2) is 9.37 Å². The van der Waals surface area contributed by atoms with Gasteiger partial charge in [0.1, 0.15) is 11.6 Å². The van der Waals surface area contributed by atoms with Crippen LogP contribution in [0.25, 0.3) is 0 Å². The van der Waals surface area contributed by atoms with Crippen molar-refractivity contribution in [3.8, 4) is 0 Å². The van der Waals surface area contributed by atoms with Crippen LogP contribution in [0, 0.1) is 5.82 Å². The maximum atomic E-state index is 12.8. The Balaban J connectivity index is 1.65. The fourth-order valence-corrected chi connectivity index (χ4v) is 2.48. The molecule has 3 nitrogen and oxygen atoms in total. The normalized spacial score (nSPS) is 14.6. The summed E-state index contributed by atoms with van der Waals surface area (Å²) >= 11 is 0. The molecule has 3 rings (SSSR count). The highest BCUT2D eigenvalue weighted by Crippen LogP contribution is 2.22. The van der Waals surface area contributed by atoms with Gasteiger partial charge in [-0.1, -0.05) is 12.1 Å². The first kappa shape index (κ1) is 12.9. The molecule has 1 N–H and O–H groups in total. The monoisotopic (exact) mass is 271 g/mol. The molecular weight excluding hydrogens is 253 g/mol. The van der Waals surface area contributed by atoms with E-state index >= 15 is 0 Å². The van der Waals surface area contributed by atoms with E-state index in [1.807, 2.05) is 12.3 Å². The second kappa shape index (κ2) is 5.90. The van der Waals surface area contributed by atoms with Crippen molar-refractivity contribution < 1.29 is 4.39 Å². The summed E-state index contributed by atoms with van der Waals surface area (Å²) in [7, 11) is 0. The summed E-state index contributed by atoms with van der Waals surface area (Å²) in [5.74, 6) is 0.654. The molecule has 1 aliphatic rings. The SMILES string of the molecule is Fc1ccc(CNc2cc(N3CCCC3)ccn2)cc1. The number of pyridine rings is 1.